The van der Waals surface area contributed by atoms with Crippen molar-refractivity contribution < 1.29 is 80.4 Å². The zero-order chi connectivity index (χ0) is 93.5. The molecule has 0 atom stereocenters. The minimum absolute atomic E-state index is 0. The summed E-state index contributed by atoms with van der Waals surface area (Å²) in [5.41, 5.74) is 33.1. The van der Waals surface area contributed by atoms with Crippen molar-refractivity contribution >= 4 is 79.0 Å². The van der Waals surface area contributed by atoms with Crippen LogP contribution in [0.1, 0.15) is 38.9 Å². The number of hydrogen-bond acceptors (Lipinski definition) is 8. The quantitative estimate of drug-likeness (QED) is 0.0742. The van der Waals surface area contributed by atoms with Crippen LogP contribution in [0.5, 0.6) is 0 Å². The fourth-order valence-electron chi connectivity index (χ4n) is 18.2. The summed E-state index contributed by atoms with van der Waals surface area (Å²) >= 11 is 0. The Hall–Kier alpha value is -15.4. The number of rotatable bonds is 19. The van der Waals surface area contributed by atoms with Gasteiger partial charge in [-0.25, -0.2) is 0 Å². The van der Waals surface area contributed by atoms with Crippen molar-refractivity contribution in [3.63, 3.8) is 0 Å². The second-order valence-electron chi connectivity index (χ2n) is 33.5. The Morgan fingerprint density at radius 3 is 0.937 bits per heavy atom. The van der Waals surface area contributed by atoms with Crippen LogP contribution in [0.4, 0.5) is 68.2 Å². The Morgan fingerprint density at radius 2 is 0.549 bits per heavy atom. The van der Waals surface area contributed by atoms with Gasteiger partial charge in [0.25, 0.3) is 0 Å². The Balaban J connectivity index is 0.000000185. The SMILES string of the molecule is Cc1ccc(C)c(-c2cc[c-]c(-c3ccccn3)c2)c1.Cc1cccnc1-c1[c-]cccc1.[Ir].[Ir].[Ir].[Ir].[c-]1ccccc1-c1ccccn1.[c-]1ccccc1-c1nccc2ccccc12.c1ccc(N(c2ccccc2)c2cc(N(c3ccccc3)c3ccccc3)cc(C3(c4cc(N(c5ccccc5)c5ccccc5)cc(N(c5ccccc5)c5ccccc5)c4)c4ccccc4-c4ccccc43)c2)cc1. The number of fused-ring (bicyclic) bond motifs is 4. The molecule has 142 heavy (non-hydrogen) atoms. The summed E-state index contributed by atoms with van der Waals surface area (Å²) in [5.74, 6) is 0. The molecule has 1 aliphatic carbocycles. The van der Waals surface area contributed by atoms with E-state index in [2.05, 4.69) is 461 Å². The Kier molecular flexibility index (Phi) is 35.2. The van der Waals surface area contributed by atoms with E-state index in [-0.39, 0.29) is 80.4 Å². The zero-order valence-electron chi connectivity index (χ0n) is 78.3. The average Bonchev–Trinajstić information content (AvgIpc) is 1.52. The van der Waals surface area contributed by atoms with Crippen LogP contribution < -0.4 is 19.6 Å². The summed E-state index contributed by atoms with van der Waals surface area (Å²) in [6, 6.07) is 194. The molecule has 0 saturated heterocycles. The van der Waals surface area contributed by atoms with Crippen molar-refractivity contribution in [1.82, 2.24) is 19.9 Å². The van der Waals surface area contributed by atoms with Crippen LogP contribution >= 0.6 is 0 Å². The summed E-state index contributed by atoms with van der Waals surface area (Å²) in [6.45, 7) is 6.33. The van der Waals surface area contributed by atoms with E-state index in [0.29, 0.717) is 0 Å². The molecular weight excluding hydrogens is 2440 g/mol. The maximum atomic E-state index is 4.45. The predicted molar refractivity (Wildman–Crippen MR) is 574 cm³/mol. The largest absolute Gasteiger partial charge is 0.310 e. The molecule has 0 saturated carbocycles. The maximum absolute atomic E-state index is 4.45. The summed E-state index contributed by atoms with van der Waals surface area (Å²) in [6.07, 6.45) is 7.26. The van der Waals surface area contributed by atoms with Gasteiger partial charge in [-0.1, -0.05) is 278 Å². The van der Waals surface area contributed by atoms with E-state index in [1.165, 1.54) is 60.8 Å². The molecule has 698 valence electrons. The third kappa shape index (κ3) is 23.3. The standard InChI is InChI=1S/C73H54N4.C19H16N.C15H10N.C12H10N.C11H8N.4Ir/c1-9-29-57(30-10-1)74(58-31-11-2-12-32-58)65-49-55(50-66(53-65)75(59-33-13-3-14-34-59)60-35-15-4-16-36-60)73(71-47-27-25-45-69(71)70-46-26-28-48-72(70)73)56-51-67(76(61-37-17-5-18-38-61)62-39-19-6-20-40-62)54-68(52-56)77(63-41-21-7-22-42-63)64-43-23-8-24-44-64;1-14-9-10-15(2)18(12-14)16-6-5-7-17(13-16)19-8-3-4-11-20-19;1-2-7-13(8-3-1)15-14-9-5-4-6-12(14)10-11-16-15;1-10-6-5-9-13-12(10)11-7-3-2-4-8-11;1-2-6-10(7-3-1)11-8-4-5-9-12-11;;;;/h1-54H;3-6,8-13H,1-2H3;1-7,9-11H;2-7,9H,1H3;1-6,8-9H;;;;/q;4*-1;;;;. The topological polar surface area (TPSA) is 64.5 Å². The number of aromatic nitrogens is 4. The van der Waals surface area contributed by atoms with E-state index >= 15 is 0 Å². The second-order valence-corrected chi connectivity index (χ2v) is 33.5. The minimum Gasteiger partial charge on any atom is -0.310 e. The molecule has 4 radical (unpaired) electrons. The molecule has 0 aliphatic heterocycles. The van der Waals surface area contributed by atoms with Gasteiger partial charge in [0.2, 0.25) is 0 Å². The number of para-hydroxylation sites is 8. The summed E-state index contributed by atoms with van der Waals surface area (Å²) in [5, 5.41) is 2.39. The van der Waals surface area contributed by atoms with Gasteiger partial charge in [0.15, 0.2) is 0 Å². The van der Waals surface area contributed by atoms with Crippen LogP contribution in [-0.2, 0) is 85.8 Å². The molecule has 12 heteroatoms. The van der Waals surface area contributed by atoms with Gasteiger partial charge in [0, 0.05) is 173 Å². The molecule has 18 aromatic carbocycles. The number of anilines is 12. The number of hydrogen-bond donors (Lipinski definition) is 0. The molecule has 0 N–H and O–H groups in total. The number of pyridine rings is 4. The van der Waals surface area contributed by atoms with Crippen molar-refractivity contribution in [3.05, 3.63) is 604 Å². The minimum atomic E-state index is -0.890. The molecule has 8 nitrogen and oxygen atoms in total. The van der Waals surface area contributed by atoms with Crippen LogP contribution in [-0.4, -0.2) is 19.9 Å². The van der Waals surface area contributed by atoms with E-state index in [1.54, 1.807) is 6.20 Å². The fraction of sp³-hybridized carbons (Fsp3) is 0.0308. The molecule has 4 heterocycles. The fourth-order valence-corrected chi connectivity index (χ4v) is 18.2. The molecule has 4 aromatic heterocycles. The van der Waals surface area contributed by atoms with Crippen LogP contribution in [0, 0.1) is 45.0 Å². The third-order valence-electron chi connectivity index (χ3n) is 24.5. The van der Waals surface area contributed by atoms with E-state index in [9.17, 15) is 0 Å². The van der Waals surface area contributed by atoms with Crippen molar-refractivity contribution in [2.24, 2.45) is 0 Å². The molecule has 0 amide bonds. The van der Waals surface area contributed by atoms with Gasteiger partial charge < -0.3 is 39.5 Å². The van der Waals surface area contributed by atoms with Crippen molar-refractivity contribution in [2.45, 2.75) is 26.2 Å². The summed E-state index contributed by atoms with van der Waals surface area (Å²) < 4.78 is 0. The second kappa shape index (κ2) is 49.5. The van der Waals surface area contributed by atoms with E-state index in [4.69, 9.17) is 0 Å². The van der Waals surface area contributed by atoms with Gasteiger partial charge in [0.05, 0.1) is 5.41 Å². The smallest absolute Gasteiger partial charge is 0.0716 e. The first kappa shape index (κ1) is 101. The van der Waals surface area contributed by atoms with Crippen LogP contribution in [0.2, 0.25) is 0 Å². The van der Waals surface area contributed by atoms with E-state index < -0.39 is 5.41 Å². The molecule has 23 rings (SSSR count). The van der Waals surface area contributed by atoms with Crippen LogP contribution in [0.3, 0.4) is 0 Å². The first-order chi connectivity index (χ1) is 68.2. The zero-order valence-corrected chi connectivity index (χ0v) is 87.9. The van der Waals surface area contributed by atoms with Crippen molar-refractivity contribution in [1.29, 1.82) is 0 Å². The van der Waals surface area contributed by atoms with Crippen LogP contribution in [0.25, 0.3) is 78.1 Å². The summed E-state index contributed by atoms with van der Waals surface area (Å²) in [4.78, 5) is 27.0. The molecule has 1 aliphatic rings. The molecule has 0 bridgehead atoms. The number of aryl methyl sites for hydroxylation is 3. The normalized spacial score (nSPS) is 10.9. The molecular formula is C130H98Ir4N8-4. The molecule has 22 aromatic rings. The van der Waals surface area contributed by atoms with Gasteiger partial charge >= 0.3 is 0 Å². The van der Waals surface area contributed by atoms with Gasteiger partial charge in [-0.2, -0.15) is 0 Å². The Morgan fingerprint density at radius 1 is 0.211 bits per heavy atom. The van der Waals surface area contributed by atoms with Crippen molar-refractivity contribution in [2.75, 3.05) is 19.6 Å². The Bertz CT molecular complexity index is 7050. The molecule has 0 spiro atoms. The van der Waals surface area contributed by atoms with Gasteiger partial charge in [-0.3, -0.25) is 0 Å². The Labute approximate surface area is 888 Å². The maximum Gasteiger partial charge on any atom is 0.0716 e. The van der Waals surface area contributed by atoms with Gasteiger partial charge in [0.1, 0.15) is 0 Å². The summed E-state index contributed by atoms with van der Waals surface area (Å²) in [7, 11) is 0. The first-order valence-corrected chi connectivity index (χ1v) is 46.5. The van der Waals surface area contributed by atoms with E-state index in [0.717, 1.165) is 124 Å². The van der Waals surface area contributed by atoms with Crippen molar-refractivity contribution in [3.8, 4) is 67.3 Å². The molecule has 0 unspecified atom stereocenters. The number of nitrogens with zero attached hydrogens (tertiary/aromatic N) is 8. The first-order valence-electron chi connectivity index (χ1n) is 46.5. The molecule has 0 fully saturated rings. The predicted octanol–water partition coefficient (Wildman–Crippen LogP) is 33.9. The monoisotopic (exact) mass is 2540 g/mol. The van der Waals surface area contributed by atoms with Crippen LogP contribution in [0.15, 0.2) is 540 Å². The average molecular weight is 2540 g/mol. The third-order valence-corrected chi connectivity index (χ3v) is 24.5. The van der Waals surface area contributed by atoms with Gasteiger partial charge in [-0.05, 0) is 257 Å². The number of benzene rings is 18. The van der Waals surface area contributed by atoms with Gasteiger partial charge in [-0.15, -0.1) is 143 Å². The van der Waals surface area contributed by atoms with E-state index in [1.807, 2.05) is 158 Å².